The molecule has 25 heavy (non-hydrogen) atoms. The molecule has 0 spiro atoms. The van der Waals surface area contributed by atoms with E-state index < -0.39 is 10.0 Å². The van der Waals surface area contributed by atoms with Crippen LogP contribution in [0.1, 0.15) is 30.2 Å². The van der Waals surface area contributed by atoms with Crippen molar-refractivity contribution in [3.05, 3.63) is 16.8 Å². The molecule has 1 saturated heterocycles. The normalized spacial score (nSPS) is 22.8. The van der Waals surface area contributed by atoms with E-state index in [-0.39, 0.29) is 0 Å². The molecule has 0 unspecified atom stereocenters. The third kappa shape index (κ3) is 3.27. The molecule has 1 atom stereocenters. The zero-order chi connectivity index (χ0) is 17.6. The van der Waals surface area contributed by atoms with Crippen LogP contribution >= 0.6 is 11.3 Å². The van der Waals surface area contributed by atoms with Gasteiger partial charge in [0.25, 0.3) is 0 Å². The highest BCUT2D eigenvalue weighted by atomic mass is 32.2. The van der Waals surface area contributed by atoms with E-state index in [1.54, 1.807) is 10.6 Å². The summed E-state index contributed by atoms with van der Waals surface area (Å²) in [6, 6.07) is 0. The average molecular weight is 381 g/mol. The molecule has 0 aromatic carbocycles. The Bertz CT molecular complexity index is 893. The van der Waals surface area contributed by atoms with Crippen LogP contribution in [0.2, 0.25) is 0 Å². The van der Waals surface area contributed by atoms with Crippen LogP contribution in [0.3, 0.4) is 0 Å². The number of aromatic nitrogens is 2. The summed E-state index contributed by atoms with van der Waals surface area (Å²) in [5.41, 5.74) is 1.43. The summed E-state index contributed by atoms with van der Waals surface area (Å²) in [6.07, 6.45) is 7.22. The highest BCUT2D eigenvalue weighted by Crippen LogP contribution is 2.40. The van der Waals surface area contributed by atoms with E-state index in [2.05, 4.69) is 21.8 Å². The molecule has 2 aromatic rings. The Balaban J connectivity index is 1.70. The predicted molar refractivity (Wildman–Crippen MR) is 102 cm³/mol. The number of nitrogens with zero attached hydrogens (tertiary/aromatic N) is 4. The minimum Gasteiger partial charge on any atom is -0.355 e. The van der Waals surface area contributed by atoms with Gasteiger partial charge in [0, 0.05) is 31.1 Å². The third-order valence-corrected chi connectivity index (χ3v) is 7.76. The summed E-state index contributed by atoms with van der Waals surface area (Å²) >= 11 is 1.81. The summed E-state index contributed by atoms with van der Waals surface area (Å²) in [6.45, 7) is 4.93. The van der Waals surface area contributed by atoms with Gasteiger partial charge in [0.15, 0.2) is 0 Å². The number of fused-ring (bicyclic) bond motifs is 3. The van der Waals surface area contributed by atoms with E-state index in [1.807, 2.05) is 11.3 Å². The number of hydrogen-bond acceptors (Lipinski definition) is 6. The number of rotatable bonds is 2. The molecular weight excluding hydrogens is 356 g/mol. The molecule has 1 aliphatic heterocycles. The Morgan fingerprint density at radius 3 is 2.84 bits per heavy atom. The van der Waals surface area contributed by atoms with Gasteiger partial charge in [-0.15, -0.1) is 11.3 Å². The van der Waals surface area contributed by atoms with Crippen LogP contribution in [-0.2, 0) is 22.9 Å². The first-order chi connectivity index (χ1) is 11.9. The second-order valence-corrected chi connectivity index (χ2v) is 10.3. The van der Waals surface area contributed by atoms with Crippen molar-refractivity contribution in [2.75, 3.05) is 37.3 Å². The summed E-state index contributed by atoms with van der Waals surface area (Å²) < 4.78 is 25.3. The van der Waals surface area contributed by atoms with Gasteiger partial charge in [-0.2, -0.15) is 0 Å². The van der Waals surface area contributed by atoms with Gasteiger partial charge in [0.05, 0.1) is 11.6 Å². The largest absolute Gasteiger partial charge is 0.355 e. The molecule has 8 heteroatoms. The van der Waals surface area contributed by atoms with Crippen molar-refractivity contribution in [2.45, 2.75) is 32.6 Å². The quantitative estimate of drug-likeness (QED) is 0.800. The first kappa shape index (κ1) is 17.2. The van der Waals surface area contributed by atoms with Crippen LogP contribution in [0.5, 0.6) is 0 Å². The number of hydrogen-bond donors (Lipinski definition) is 0. The number of thiophene rings is 1. The topological polar surface area (TPSA) is 66.4 Å². The highest BCUT2D eigenvalue weighted by molar-refractivity contribution is 7.88. The van der Waals surface area contributed by atoms with E-state index in [9.17, 15) is 8.42 Å². The summed E-state index contributed by atoms with van der Waals surface area (Å²) in [5.74, 6) is 1.73. The second-order valence-electron chi connectivity index (χ2n) is 7.23. The summed E-state index contributed by atoms with van der Waals surface area (Å²) in [7, 11) is -3.13. The highest BCUT2D eigenvalue weighted by Gasteiger charge is 2.27. The van der Waals surface area contributed by atoms with E-state index in [1.165, 1.54) is 28.5 Å². The van der Waals surface area contributed by atoms with Crippen molar-refractivity contribution >= 4 is 37.4 Å². The molecule has 136 valence electrons. The van der Waals surface area contributed by atoms with Crippen LogP contribution in [0.4, 0.5) is 5.82 Å². The lowest BCUT2D eigenvalue weighted by Gasteiger charge is -2.24. The molecule has 0 amide bonds. The Labute approximate surface area is 152 Å². The van der Waals surface area contributed by atoms with E-state index in [0.717, 1.165) is 42.4 Å². The predicted octanol–water partition coefficient (Wildman–Crippen LogP) is 2.29. The number of anilines is 1. The van der Waals surface area contributed by atoms with Gasteiger partial charge in [-0.05, 0) is 37.2 Å². The maximum atomic E-state index is 11.9. The van der Waals surface area contributed by atoms with Crippen LogP contribution in [0.25, 0.3) is 10.2 Å². The monoisotopic (exact) mass is 380 g/mol. The molecule has 6 nitrogen and oxygen atoms in total. The van der Waals surface area contributed by atoms with E-state index in [0.29, 0.717) is 19.6 Å². The van der Waals surface area contributed by atoms with Crippen LogP contribution in [-0.4, -0.2) is 55.1 Å². The minimum atomic E-state index is -3.13. The first-order valence-electron chi connectivity index (χ1n) is 8.89. The smallest absolute Gasteiger partial charge is 0.211 e. The average Bonchev–Trinajstić information content (AvgIpc) is 2.75. The summed E-state index contributed by atoms with van der Waals surface area (Å²) in [5, 5.41) is 1.21. The van der Waals surface area contributed by atoms with Gasteiger partial charge in [0.1, 0.15) is 17.0 Å². The maximum Gasteiger partial charge on any atom is 0.211 e. The lowest BCUT2D eigenvalue weighted by atomic mass is 9.89. The third-order valence-electron chi connectivity index (χ3n) is 5.30. The summed E-state index contributed by atoms with van der Waals surface area (Å²) in [4.78, 5) is 13.9. The lowest BCUT2D eigenvalue weighted by Crippen LogP contribution is -2.34. The first-order valence-corrected chi connectivity index (χ1v) is 11.6. The van der Waals surface area contributed by atoms with Gasteiger partial charge >= 0.3 is 0 Å². The Hall–Kier alpha value is -1.25. The molecule has 0 bridgehead atoms. The lowest BCUT2D eigenvalue weighted by molar-refractivity contribution is 0.437. The molecule has 0 N–H and O–H groups in total. The van der Waals surface area contributed by atoms with Crippen molar-refractivity contribution in [3.63, 3.8) is 0 Å². The standard InChI is InChI=1S/C17H24N4O2S2/c1-12-4-5-13-14(10-12)24-17-15(13)16(18-11-19-17)20-6-3-7-21(9-8-20)25(2,22)23/h11-12H,3-10H2,1-2H3/t12-/m1/s1. The zero-order valence-corrected chi connectivity index (χ0v) is 16.4. The van der Waals surface area contributed by atoms with Crippen molar-refractivity contribution < 1.29 is 8.42 Å². The van der Waals surface area contributed by atoms with Gasteiger partial charge in [-0.25, -0.2) is 22.7 Å². The molecule has 1 fully saturated rings. The van der Waals surface area contributed by atoms with Crippen molar-refractivity contribution in [1.29, 1.82) is 0 Å². The van der Waals surface area contributed by atoms with Crippen LogP contribution < -0.4 is 4.90 Å². The Kier molecular flexibility index (Phi) is 4.45. The maximum absolute atomic E-state index is 11.9. The Morgan fingerprint density at radius 2 is 2.04 bits per heavy atom. The molecule has 2 aromatic heterocycles. The van der Waals surface area contributed by atoms with Crippen molar-refractivity contribution in [3.8, 4) is 0 Å². The van der Waals surface area contributed by atoms with Crippen LogP contribution in [0.15, 0.2) is 6.33 Å². The SMILES string of the molecule is C[C@@H]1CCc2c(sc3ncnc(N4CCCN(S(C)(=O)=O)CC4)c23)C1. The molecule has 4 rings (SSSR count). The van der Waals surface area contributed by atoms with E-state index in [4.69, 9.17) is 0 Å². The minimum absolute atomic E-state index is 0.522. The van der Waals surface area contributed by atoms with Crippen molar-refractivity contribution in [1.82, 2.24) is 14.3 Å². The Morgan fingerprint density at radius 1 is 1.20 bits per heavy atom. The number of sulfonamides is 1. The van der Waals surface area contributed by atoms with Gasteiger partial charge in [-0.3, -0.25) is 0 Å². The fourth-order valence-electron chi connectivity index (χ4n) is 3.94. The molecule has 0 radical (unpaired) electrons. The fraction of sp³-hybridized carbons (Fsp3) is 0.647. The fourth-order valence-corrected chi connectivity index (χ4v) is 6.15. The number of aryl methyl sites for hydroxylation is 1. The van der Waals surface area contributed by atoms with Crippen molar-refractivity contribution in [2.24, 2.45) is 5.92 Å². The molecular formula is C17H24N4O2S2. The molecule has 0 saturated carbocycles. The van der Waals surface area contributed by atoms with E-state index >= 15 is 0 Å². The second kappa shape index (κ2) is 6.48. The molecule has 1 aliphatic carbocycles. The molecule has 2 aliphatic rings. The molecule has 3 heterocycles. The van der Waals surface area contributed by atoms with Gasteiger partial charge < -0.3 is 4.90 Å². The van der Waals surface area contributed by atoms with Gasteiger partial charge in [-0.1, -0.05) is 6.92 Å². The zero-order valence-electron chi connectivity index (χ0n) is 14.7. The van der Waals surface area contributed by atoms with Crippen LogP contribution in [0, 0.1) is 5.92 Å². The van der Waals surface area contributed by atoms with Gasteiger partial charge in [0.2, 0.25) is 10.0 Å².